The molecule has 5 rings (SSSR count). The van der Waals surface area contributed by atoms with Crippen molar-refractivity contribution in [2.45, 2.75) is 95.2 Å². The van der Waals surface area contributed by atoms with Crippen molar-refractivity contribution in [1.29, 1.82) is 0 Å². The molecule has 9 radical (unpaired) electrons. The van der Waals surface area contributed by atoms with E-state index in [-0.39, 0.29) is 98.1 Å². The number of benzene rings is 1. The van der Waals surface area contributed by atoms with Crippen LogP contribution in [0.3, 0.4) is 0 Å². The van der Waals surface area contributed by atoms with Gasteiger partial charge >= 0.3 is 0 Å². The maximum Gasteiger partial charge on any atom is 0.182 e. The van der Waals surface area contributed by atoms with E-state index in [0.29, 0.717) is 24.7 Å². The van der Waals surface area contributed by atoms with E-state index in [9.17, 15) is 0 Å². The van der Waals surface area contributed by atoms with Gasteiger partial charge in [0.25, 0.3) is 0 Å². The van der Waals surface area contributed by atoms with Crippen molar-refractivity contribution < 1.29 is 103 Å². The molecule has 3 saturated heterocycles. The third-order valence-electron chi connectivity index (χ3n) is 8.02. The van der Waals surface area contributed by atoms with Crippen LogP contribution in [0.15, 0.2) is 30.5 Å². The summed E-state index contributed by atoms with van der Waals surface area (Å²) in [5.41, 5.74) is 2.70. The second kappa shape index (κ2) is 27.6. The van der Waals surface area contributed by atoms with Gasteiger partial charge in [0.05, 0.1) is 6.61 Å². The molecular weight excluding hydrogens is 788 g/mol. The van der Waals surface area contributed by atoms with Crippen molar-refractivity contribution in [3.63, 3.8) is 0 Å². The van der Waals surface area contributed by atoms with Gasteiger partial charge in [0.1, 0.15) is 0 Å². The Bertz CT molecular complexity index is 1050. The van der Waals surface area contributed by atoms with Crippen molar-refractivity contribution in [3.05, 3.63) is 66.0 Å². The molecule has 0 bridgehead atoms. The Morgan fingerprint density at radius 3 is 2.07 bits per heavy atom. The maximum absolute atomic E-state index is 5.92. The molecule has 44 heavy (non-hydrogen) atoms. The van der Waals surface area contributed by atoms with E-state index in [1.54, 1.807) is 17.5 Å². The monoisotopic (exact) mass is 832 g/mol. The fourth-order valence-electron chi connectivity index (χ4n) is 5.62. The van der Waals surface area contributed by atoms with Gasteiger partial charge in [-0.15, -0.1) is 0 Å². The number of hydrogen-bond acceptors (Lipinski definition) is 6. The summed E-state index contributed by atoms with van der Waals surface area (Å²) in [5.74, 6) is 5.89. The van der Waals surface area contributed by atoms with E-state index in [4.69, 9.17) is 23.9 Å². The normalized spacial score (nSPS) is 21.3. The van der Waals surface area contributed by atoms with Crippen LogP contribution in [-0.4, -0.2) is 87.7 Å². The molecule has 0 saturated carbocycles. The fourth-order valence-corrected chi connectivity index (χ4v) is 6.22. The van der Waals surface area contributed by atoms with Crippen molar-refractivity contribution >= 4 is 35.3 Å². The number of hydrogen-bond donors (Lipinski definition) is 0. The zero-order valence-corrected chi connectivity index (χ0v) is 35.7. The van der Waals surface area contributed by atoms with E-state index in [1.807, 2.05) is 14.4 Å². The van der Waals surface area contributed by atoms with Crippen LogP contribution in [0, 0.1) is 31.3 Å². The molecule has 3 unspecified atom stereocenters. The molecule has 0 spiro atoms. The number of aromatic nitrogens is 1. The maximum atomic E-state index is 5.92. The standard InChI is InChI=1S/C13H17BN.C10H14BN2S.C9H13BNO.3Y/c1-2-11-5-3-6-12(9-11)10-13-7-4-8-15(13)14;11-13-7-2-4-9(13)3-1-5-10-12-6-8-14-10;1-12-8-3-2-5-9-6-4-7-11(9)10;;;/h3,5-6,9,13H,1-2,4,7-8,10H2;6,9H,1-5,7H2;9H,1,4-8H2;;;/q3*-1;;;. The molecule has 3 fully saturated rings. The molecule has 3 aliphatic heterocycles. The van der Waals surface area contributed by atoms with Crippen molar-refractivity contribution in [1.82, 2.24) is 19.4 Å². The summed E-state index contributed by atoms with van der Waals surface area (Å²) in [7, 11) is 20.7. The van der Waals surface area contributed by atoms with Crippen molar-refractivity contribution in [3.8, 4) is 11.8 Å². The number of ether oxygens (including phenoxy) is 1. The smallest absolute Gasteiger partial charge is 0.182 e. The van der Waals surface area contributed by atoms with Gasteiger partial charge in [-0.05, 0) is 82.6 Å². The molecule has 0 N–H and O–H groups in total. The van der Waals surface area contributed by atoms with Crippen LogP contribution in [0.1, 0.15) is 73.9 Å². The van der Waals surface area contributed by atoms with Gasteiger partial charge in [0.15, 0.2) is 23.9 Å². The Morgan fingerprint density at radius 2 is 1.52 bits per heavy atom. The number of aryl methyl sites for hydroxylation is 1. The Hall–Kier alpha value is 1.76. The van der Waals surface area contributed by atoms with E-state index >= 15 is 0 Å². The Kier molecular flexibility index (Phi) is 28.7. The zero-order chi connectivity index (χ0) is 29.3. The Labute approximate surface area is 352 Å². The van der Waals surface area contributed by atoms with E-state index < -0.39 is 0 Å². The molecular formula is C32H44B3N4OSY3-3. The first-order valence-electron chi connectivity index (χ1n) is 15.0. The average Bonchev–Trinajstić information content (AvgIpc) is 3.80. The van der Waals surface area contributed by atoms with Crippen molar-refractivity contribution in [2.24, 2.45) is 0 Å². The third kappa shape index (κ3) is 17.9. The van der Waals surface area contributed by atoms with Gasteiger partial charge in [0.2, 0.25) is 0 Å². The van der Waals surface area contributed by atoms with Gasteiger partial charge in [-0.2, -0.15) is 11.8 Å². The molecule has 2 aromatic rings. The van der Waals surface area contributed by atoms with Crippen LogP contribution in [0.5, 0.6) is 0 Å². The molecule has 12 heteroatoms. The number of nitrogens with zero attached hydrogens (tertiary/aromatic N) is 4. The molecule has 1 aromatic heterocycles. The predicted molar refractivity (Wildman–Crippen MR) is 173 cm³/mol. The number of rotatable bonds is 9. The van der Waals surface area contributed by atoms with Crippen LogP contribution in [0.4, 0.5) is 0 Å². The first-order chi connectivity index (χ1) is 20.0. The third-order valence-corrected chi connectivity index (χ3v) is 8.79. The quantitative estimate of drug-likeness (QED) is 0.208. The second-order valence-corrected chi connectivity index (χ2v) is 12.0. The molecule has 3 aliphatic rings. The minimum Gasteiger partial charge on any atom is -0.546 e. The van der Waals surface area contributed by atoms with E-state index in [1.165, 1.54) is 61.1 Å². The van der Waals surface area contributed by atoms with Crippen LogP contribution in [0.2, 0.25) is 0 Å². The van der Waals surface area contributed by atoms with E-state index in [2.05, 4.69) is 65.2 Å². The summed E-state index contributed by atoms with van der Waals surface area (Å²) in [6.45, 7) is 7.43. The van der Waals surface area contributed by atoms with Gasteiger partial charge in [-0.25, -0.2) is 7.11 Å². The molecule has 0 amide bonds. The SMILES string of the molecule is [B]N1CCCC1CC#CCO[CH2-].[B]N1CCCC1CCCc1nc[c-]s1.[B]N1CCCC1Cc1cccc(C[CH2-])c1.[Y].[Y].[Y]. The largest absolute Gasteiger partial charge is 0.546 e. The van der Waals surface area contributed by atoms with Crippen LogP contribution in [-0.2, 0) is 122 Å². The topological polar surface area (TPSA) is 31.8 Å². The molecule has 0 aliphatic carbocycles. The first-order valence-corrected chi connectivity index (χ1v) is 15.9. The summed E-state index contributed by atoms with van der Waals surface area (Å²) in [4.78, 5) is 10.1. The van der Waals surface area contributed by atoms with Crippen LogP contribution < -0.4 is 0 Å². The second-order valence-electron chi connectivity index (χ2n) is 11.0. The van der Waals surface area contributed by atoms with Gasteiger partial charge in [-0.3, -0.25) is 0 Å². The predicted octanol–water partition coefficient (Wildman–Crippen LogP) is 4.70. The fraction of sp³-hybridized carbons (Fsp3) is 0.594. The van der Waals surface area contributed by atoms with E-state index in [0.717, 1.165) is 51.7 Å². The van der Waals surface area contributed by atoms with Gasteiger partial charge < -0.3 is 42.4 Å². The molecule has 5 nitrogen and oxygen atoms in total. The number of thiazole rings is 1. The van der Waals surface area contributed by atoms with Gasteiger partial charge in [0, 0.05) is 117 Å². The average molecular weight is 832 g/mol. The van der Waals surface area contributed by atoms with Gasteiger partial charge in [-0.1, -0.05) is 65.7 Å². The zero-order valence-electron chi connectivity index (χ0n) is 26.4. The molecule has 3 atom stereocenters. The molecule has 1 aromatic carbocycles. The van der Waals surface area contributed by atoms with Crippen LogP contribution >= 0.6 is 11.3 Å². The Morgan fingerprint density at radius 1 is 0.909 bits per heavy atom. The summed E-state index contributed by atoms with van der Waals surface area (Å²) < 4.78 is 4.56. The molecule has 225 valence electrons. The first kappa shape index (κ1) is 45.8. The Balaban J connectivity index is 0.000000613. The minimum atomic E-state index is 0. The molecule has 4 heterocycles. The summed E-state index contributed by atoms with van der Waals surface area (Å²) in [6, 6.07) is 10.3. The minimum absolute atomic E-state index is 0. The van der Waals surface area contributed by atoms with Crippen LogP contribution in [0.25, 0.3) is 0 Å². The van der Waals surface area contributed by atoms with Crippen molar-refractivity contribution in [2.75, 3.05) is 26.2 Å². The summed E-state index contributed by atoms with van der Waals surface area (Å²) >= 11 is 1.63. The summed E-state index contributed by atoms with van der Waals surface area (Å²) in [6.07, 6.45) is 15.4. The summed E-state index contributed by atoms with van der Waals surface area (Å²) in [5, 5.41) is 4.21.